The van der Waals surface area contributed by atoms with E-state index in [-0.39, 0.29) is 13.0 Å². The first-order chi connectivity index (χ1) is 13.2. The summed E-state index contributed by atoms with van der Waals surface area (Å²) in [6.07, 6.45) is -4.65. The van der Waals surface area contributed by atoms with Crippen molar-refractivity contribution in [2.24, 2.45) is 5.92 Å². The number of halogens is 3. The molecule has 1 aromatic rings. The van der Waals surface area contributed by atoms with Crippen LogP contribution in [0, 0.1) is 12.8 Å². The van der Waals surface area contributed by atoms with E-state index in [0.717, 1.165) is 42.3 Å². The molecule has 2 aliphatic rings. The summed E-state index contributed by atoms with van der Waals surface area (Å²) in [5.74, 6) is 0.412. The van der Waals surface area contributed by atoms with Crippen molar-refractivity contribution in [1.82, 2.24) is 9.80 Å². The summed E-state index contributed by atoms with van der Waals surface area (Å²) in [6, 6.07) is 5.68. The molecule has 0 spiro atoms. The molecule has 0 saturated carbocycles. The van der Waals surface area contributed by atoms with E-state index in [4.69, 9.17) is 0 Å². The van der Waals surface area contributed by atoms with Crippen LogP contribution in [0.15, 0.2) is 18.2 Å². The maximum atomic E-state index is 12.5. The molecule has 0 aliphatic carbocycles. The van der Waals surface area contributed by atoms with Crippen LogP contribution < -0.4 is 5.32 Å². The average molecular weight is 415 g/mol. The smallest absolute Gasteiger partial charge is 0.333 e. The van der Waals surface area contributed by atoms with Crippen LogP contribution in [-0.4, -0.2) is 65.5 Å². The maximum absolute atomic E-state index is 12.5. The minimum Gasteiger partial charge on any atom is -0.333 e. The van der Waals surface area contributed by atoms with Crippen LogP contribution in [0.2, 0.25) is 0 Å². The van der Waals surface area contributed by atoms with Gasteiger partial charge in [-0.05, 0) is 24.1 Å². The van der Waals surface area contributed by atoms with Gasteiger partial charge >= 0.3 is 6.18 Å². The number of likely N-dealkylation sites (tertiary alicyclic amines) is 1. The third-order valence-corrected chi connectivity index (χ3v) is 6.10. The summed E-state index contributed by atoms with van der Waals surface area (Å²) >= 11 is 1.94. The normalized spacial score (nSPS) is 21.2. The van der Waals surface area contributed by atoms with Gasteiger partial charge in [-0.1, -0.05) is 12.1 Å². The lowest BCUT2D eigenvalue weighted by Crippen LogP contribution is -2.36. The topological polar surface area (TPSA) is 52.7 Å². The third-order valence-electron chi connectivity index (χ3n) is 5.16. The van der Waals surface area contributed by atoms with Crippen molar-refractivity contribution >= 4 is 29.3 Å². The molecule has 5 nitrogen and oxygen atoms in total. The lowest BCUT2D eigenvalue weighted by molar-refractivity contribution is -0.157. The second kappa shape index (κ2) is 8.73. The monoisotopic (exact) mass is 415 g/mol. The lowest BCUT2D eigenvalue weighted by Gasteiger charge is -2.27. The van der Waals surface area contributed by atoms with Crippen LogP contribution in [0.5, 0.6) is 0 Å². The standard InChI is InChI=1S/C19H24F3N3O2S/c1-13-14(10-24-5-7-28-8-6-24)3-2-4-16(13)23-18(27)15-9-17(26)25(11-15)12-19(20,21)22/h2-4,15H,5-12H2,1H3,(H,23,27). The molecule has 0 bridgehead atoms. The summed E-state index contributed by atoms with van der Waals surface area (Å²) in [5.41, 5.74) is 2.71. The summed E-state index contributed by atoms with van der Waals surface area (Å²) in [6.45, 7) is 3.28. The molecule has 2 fully saturated rings. The minimum absolute atomic E-state index is 0.188. The number of amides is 2. The number of alkyl halides is 3. The molecule has 28 heavy (non-hydrogen) atoms. The van der Waals surface area contributed by atoms with Crippen LogP contribution in [0.4, 0.5) is 18.9 Å². The van der Waals surface area contributed by atoms with Gasteiger partial charge in [0.25, 0.3) is 0 Å². The summed E-state index contributed by atoms with van der Waals surface area (Å²) in [4.78, 5) is 27.4. The highest BCUT2D eigenvalue weighted by atomic mass is 32.2. The van der Waals surface area contributed by atoms with Crippen LogP contribution in [0.25, 0.3) is 0 Å². The predicted molar refractivity (Wildman–Crippen MR) is 103 cm³/mol. The number of rotatable bonds is 5. The second-order valence-corrected chi connectivity index (χ2v) is 8.48. The molecule has 0 aromatic heterocycles. The van der Waals surface area contributed by atoms with Crippen molar-refractivity contribution in [2.75, 3.05) is 43.0 Å². The number of benzene rings is 1. The Morgan fingerprint density at radius 1 is 1.29 bits per heavy atom. The van der Waals surface area contributed by atoms with Gasteiger partial charge in [0.2, 0.25) is 11.8 Å². The number of hydrogen-bond donors (Lipinski definition) is 1. The number of nitrogens with zero attached hydrogens (tertiary/aromatic N) is 2. The van der Waals surface area contributed by atoms with Crippen molar-refractivity contribution in [3.63, 3.8) is 0 Å². The van der Waals surface area contributed by atoms with Gasteiger partial charge < -0.3 is 10.2 Å². The van der Waals surface area contributed by atoms with E-state index in [0.29, 0.717) is 10.6 Å². The lowest BCUT2D eigenvalue weighted by atomic mass is 10.0. The highest BCUT2D eigenvalue weighted by Gasteiger charge is 2.40. The Kier molecular flexibility index (Phi) is 6.54. The molecule has 1 aromatic carbocycles. The van der Waals surface area contributed by atoms with E-state index in [1.54, 1.807) is 6.07 Å². The predicted octanol–water partition coefficient (Wildman–Crippen LogP) is 2.89. The summed E-state index contributed by atoms with van der Waals surface area (Å²) in [5, 5.41) is 2.81. The van der Waals surface area contributed by atoms with E-state index in [2.05, 4.69) is 10.2 Å². The van der Waals surface area contributed by atoms with Crippen molar-refractivity contribution in [3.8, 4) is 0 Å². The van der Waals surface area contributed by atoms with Crippen molar-refractivity contribution < 1.29 is 22.8 Å². The van der Waals surface area contributed by atoms with Crippen LogP contribution >= 0.6 is 11.8 Å². The van der Waals surface area contributed by atoms with E-state index >= 15 is 0 Å². The fourth-order valence-corrected chi connectivity index (χ4v) is 4.52. The molecule has 3 rings (SSSR count). The summed E-state index contributed by atoms with van der Waals surface area (Å²) < 4.78 is 37.6. The van der Waals surface area contributed by atoms with Gasteiger partial charge in [-0.25, -0.2) is 0 Å². The molecule has 9 heteroatoms. The second-order valence-electron chi connectivity index (χ2n) is 7.26. The summed E-state index contributed by atoms with van der Waals surface area (Å²) in [7, 11) is 0. The average Bonchev–Trinajstić information content (AvgIpc) is 2.98. The van der Waals surface area contributed by atoms with Gasteiger partial charge in [0.1, 0.15) is 6.54 Å². The van der Waals surface area contributed by atoms with Crippen molar-refractivity contribution in [2.45, 2.75) is 26.1 Å². The Morgan fingerprint density at radius 3 is 2.68 bits per heavy atom. The molecule has 0 radical (unpaired) electrons. The maximum Gasteiger partial charge on any atom is 0.406 e. The molecule has 1 atom stereocenters. The number of hydrogen-bond acceptors (Lipinski definition) is 4. The fourth-order valence-electron chi connectivity index (χ4n) is 3.54. The number of carbonyl (C=O) groups excluding carboxylic acids is 2. The molecule has 1 unspecified atom stereocenters. The highest BCUT2D eigenvalue weighted by molar-refractivity contribution is 7.99. The quantitative estimate of drug-likeness (QED) is 0.804. The molecule has 2 aliphatic heterocycles. The molecule has 1 N–H and O–H groups in total. The van der Waals surface area contributed by atoms with Crippen molar-refractivity contribution in [1.29, 1.82) is 0 Å². The molecule has 2 amide bonds. The minimum atomic E-state index is -4.46. The molecular formula is C19H24F3N3O2S. The molecule has 2 saturated heterocycles. The first-order valence-electron chi connectivity index (χ1n) is 9.27. The number of thioether (sulfide) groups is 1. The van der Waals surface area contributed by atoms with Gasteiger partial charge in [0.05, 0.1) is 5.92 Å². The van der Waals surface area contributed by atoms with E-state index in [1.165, 1.54) is 0 Å². The van der Waals surface area contributed by atoms with Crippen LogP contribution in [-0.2, 0) is 16.1 Å². The first kappa shape index (κ1) is 21.0. The molecule has 2 heterocycles. The highest BCUT2D eigenvalue weighted by Crippen LogP contribution is 2.26. The van der Waals surface area contributed by atoms with Gasteiger partial charge in [0.15, 0.2) is 0 Å². The van der Waals surface area contributed by atoms with Crippen LogP contribution in [0.1, 0.15) is 17.5 Å². The number of anilines is 1. The van der Waals surface area contributed by atoms with Gasteiger partial charge in [-0.3, -0.25) is 14.5 Å². The van der Waals surface area contributed by atoms with Crippen molar-refractivity contribution in [3.05, 3.63) is 29.3 Å². The Hall–Kier alpha value is -1.74. The Bertz CT molecular complexity index is 736. The third kappa shape index (κ3) is 5.41. The number of nitrogens with one attached hydrogen (secondary N) is 1. The number of carbonyl (C=O) groups is 2. The van der Waals surface area contributed by atoms with E-state index < -0.39 is 30.5 Å². The molecule has 154 valence electrons. The van der Waals surface area contributed by atoms with E-state index in [1.807, 2.05) is 30.8 Å². The SMILES string of the molecule is Cc1c(CN2CCSCC2)cccc1NC(=O)C1CC(=O)N(CC(F)(F)F)C1. The van der Waals surface area contributed by atoms with Gasteiger partial charge in [-0.2, -0.15) is 24.9 Å². The van der Waals surface area contributed by atoms with E-state index in [9.17, 15) is 22.8 Å². The zero-order valence-corrected chi connectivity index (χ0v) is 16.5. The largest absolute Gasteiger partial charge is 0.406 e. The Morgan fingerprint density at radius 2 is 2.00 bits per heavy atom. The van der Waals surface area contributed by atoms with Gasteiger partial charge in [-0.15, -0.1) is 0 Å². The fraction of sp³-hybridized carbons (Fsp3) is 0.579. The first-order valence-corrected chi connectivity index (χ1v) is 10.4. The Labute approximate surface area is 166 Å². The zero-order chi connectivity index (χ0) is 20.3. The zero-order valence-electron chi connectivity index (χ0n) is 15.7. The van der Waals surface area contributed by atoms with Gasteiger partial charge in [0, 0.05) is 49.8 Å². The Balaban J connectivity index is 1.62. The van der Waals surface area contributed by atoms with Crippen LogP contribution in [0.3, 0.4) is 0 Å². The molecular weight excluding hydrogens is 391 g/mol.